The molecule has 0 spiro atoms. The topological polar surface area (TPSA) is 75.5 Å². The van der Waals surface area contributed by atoms with Gasteiger partial charge in [0.2, 0.25) is 0 Å². The fraction of sp³-hybridized carbons (Fsp3) is 1.00. The molecule has 2 rings (SSSR count). The highest BCUT2D eigenvalue weighted by molar-refractivity contribution is 4.46. The van der Waals surface area contributed by atoms with E-state index < -0.39 is 12.6 Å². The van der Waals surface area contributed by atoms with Gasteiger partial charge in [0, 0.05) is 0 Å². The maximum Gasteiger partial charge on any atom is 0.483 e. The fourth-order valence-electron chi connectivity index (χ4n) is 1.27. The van der Waals surface area contributed by atoms with Crippen LogP contribution >= 0.6 is 0 Å². The summed E-state index contributed by atoms with van der Waals surface area (Å²) in [7, 11) is 0. The van der Waals surface area contributed by atoms with Crippen molar-refractivity contribution in [3.8, 4) is 0 Å². The Morgan fingerprint density at radius 3 is 1.75 bits per heavy atom. The van der Waals surface area contributed by atoms with Gasteiger partial charge in [-0.15, -0.1) is 0 Å². The largest absolute Gasteiger partial charge is 0.483 e. The zero-order valence-electron chi connectivity index (χ0n) is 8.70. The van der Waals surface area contributed by atoms with E-state index in [1.165, 1.54) is 0 Å². The van der Waals surface area contributed by atoms with Gasteiger partial charge in [0.25, 0.3) is 0 Å². The summed E-state index contributed by atoms with van der Waals surface area (Å²) in [5.74, 6) is 0. The lowest BCUT2D eigenvalue weighted by molar-refractivity contribution is -1.00. The molecule has 16 heavy (non-hydrogen) atoms. The molecule has 2 saturated heterocycles. The molecule has 0 aliphatic carbocycles. The summed E-state index contributed by atoms with van der Waals surface area (Å²) in [5, 5.41) is -0.0291. The van der Waals surface area contributed by atoms with E-state index in [4.69, 9.17) is 28.6 Å². The first-order valence-electron chi connectivity index (χ1n) is 5.04. The van der Waals surface area contributed by atoms with Gasteiger partial charge >= 0.3 is 17.7 Å². The summed E-state index contributed by atoms with van der Waals surface area (Å²) in [5.41, 5.74) is 0. The molecule has 8 nitrogen and oxygen atoms in total. The molecular formula is C8H14NO7+. The number of nitrogens with zero attached hydrogens (tertiary/aromatic N) is 1. The van der Waals surface area contributed by atoms with Crippen molar-refractivity contribution in [3.05, 3.63) is 4.91 Å². The van der Waals surface area contributed by atoms with E-state index in [0.29, 0.717) is 26.4 Å². The van der Waals surface area contributed by atoms with Crippen LogP contribution in [0.3, 0.4) is 0 Å². The molecule has 2 heterocycles. The molecular weight excluding hydrogens is 222 g/mol. The molecule has 0 bridgehead atoms. The standard InChI is InChI=1S/C8H14NO7/c10-9(15-7-5-11-1-3-13-7)16-8-6-12-2-4-14-8/h7-8H,1-6H2/q+1. The monoisotopic (exact) mass is 236 g/mol. The number of hydrogen-bond donors (Lipinski definition) is 0. The minimum Gasteiger partial charge on any atom is -0.372 e. The van der Waals surface area contributed by atoms with Crippen LogP contribution in [-0.2, 0) is 28.6 Å². The van der Waals surface area contributed by atoms with Crippen LogP contribution in [0.4, 0.5) is 0 Å². The quantitative estimate of drug-likeness (QED) is 0.602. The molecule has 0 aromatic heterocycles. The van der Waals surface area contributed by atoms with Crippen LogP contribution in [0.1, 0.15) is 0 Å². The van der Waals surface area contributed by atoms with Crippen LogP contribution in [0.25, 0.3) is 0 Å². The first kappa shape index (κ1) is 11.5. The van der Waals surface area contributed by atoms with Crippen molar-refractivity contribution < 1.29 is 33.7 Å². The average molecular weight is 236 g/mol. The van der Waals surface area contributed by atoms with Gasteiger partial charge in [0.05, 0.1) is 26.4 Å². The lowest BCUT2D eigenvalue weighted by Gasteiger charge is -2.19. The highest BCUT2D eigenvalue weighted by atomic mass is 17.1. The zero-order valence-corrected chi connectivity index (χ0v) is 8.70. The van der Waals surface area contributed by atoms with Crippen molar-refractivity contribution in [2.75, 3.05) is 39.6 Å². The lowest BCUT2D eigenvalue weighted by atomic mass is 10.6. The Labute approximate surface area is 91.8 Å². The molecule has 0 aromatic carbocycles. The molecule has 2 unspecified atom stereocenters. The van der Waals surface area contributed by atoms with Gasteiger partial charge in [-0.2, -0.15) is 9.68 Å². The van der Waals surface area contributed by atoms with E-state index in [1.807, 2.05) is 0 Å². The lowest BCUT2D eigenvalue weighted by Crippen LogP contribution is -2.38. The van der Waals surface area contributed by atoms with Crippen molar-refractivity contribution in [2.45, 2.75) is 12.6 Å². The minimum atomic E-state index is -0.740. The van der Waals surface area contributed by atoms with E-state index in [1.54, 1.807) is 0 Å². The summed E-state index contributed by atoms with van der Waals surface area (Å²) >= 11 is 0. The predicted octanol–water partition coefficient (Wildman–Crippen LogP) is -0.626. The van der Waals surface area contributed by atoms with Gasteiger partial charge in [-0.05, 0) is 0 Å². The van der Waals surface area contributed by atoms with Crippen LogP contribution in [0.15, 0.2) is 0 Å². The second-order valence-corrected chi connectivity index (χ2v) is 3.18. The highest BCUT2D eigenvalue weighted by Crippen LogP contribution is 2.06. The number of ether oxygens (including phenoxy) is 4. The average Bonchev–Trinajstić information content (AvgIpc) is 2.31. The van der Waals surface area contributed by atoms with Gasteiger partial charge in [0.1, 0.15) is 18.1 Å². The Morgan fingerprint density at radius 2 is 1.38 bits per heavy atom. The molecule has 2 aliphatic heterocycles. The Balaban J connectivity index is 1.66. The molecule has 0 saturated carbocycles. The molecule has 2 fully saturated rings. The number of hydrogen-bond acceptors (Lipinski definition) is 7. The van der Waals surface area contributed by atoms with E-state index in [0.717, 1.165) is 0 Å². The van der Waals surface area contributed by atoms with Gasteiger partial charge in [-0.1, -0.05) is 0 Å². The van der Waals surface area contributed by atoms with Crippen molar-refractivity contribution in [1.82, 2.24) is 0 Å². The molecule has 92 valence electrons. The molecule has 0 aromatic rings. The Morgan fingerprint density at radius 1 is 0.875 bits per heavy atom. The molecule has 8 heteroatoms. The first-order chi connectivity index (χ1) is 7.84. The second-order valence-electron chi connectivity index (χ2n) is 3.18. The van der Waals surface area contributed by atoms with Crippen LogP contribution in [-0.4, -0.2) is 57.3 Å². The third kappa shape index (κ3) is 3.56. The van der Waals surface area contributed by atoms with Crippen molar-refractivity contribution in [1.29, 1.82) is 0 Å². The maximum absolute atomic E-state index is 11.2. The van der Waals surface area contributed by atoms with E-state index in [2.05, 4.69) is 0 Å². The van der Waals surface area contributed by atoms with Crippen molar-refractivity contribution in [3.63, 3.8) is 0 Å². The van der Waals surface area contributed by atoms with Crippen molar-refractivity contribution >= 4 is 0 Å². The molecule has 0 radical (unpaired) electrons. The SMILES string of the molecule is O=[N+](OC1COCCO1)OC1COCCO1. The van der Waals surface area contributed by atoms with Crippen LogP contribution < -0.4 is 0 Å². The van der Waals surface area contributed by atoms with Gasteiger partial charge < -0.3 is 18.9 Å². The Kier molecular flexibility index (Phi) is 4.28. The predicted molar refractivity (Wildman–Crippen MR) is 46.9 cm³/mol. The molecule has 0 amide bonds. The van der Waals surface area contributed by atoms with E-state index in [-0.39, 0.29) is 18.3 Å². The zero-order chi connectivity index (χ0) is 11.2. The van der Waals surface area contributed by atoms with Crippen LogP contribution in [0.2, 0.25) is 0 Å². The van der Waals surface area contributed by atoms with E-state index >= 15 is 0 Å². The highest BCUT2D eigenvalue weighted by Gasteiger charge is 2.31. The minimum absolute atomic E-state index is 0.0291. The van der Waals surface area contributed by atoms with Crippen molar-refractivity contribution in [2.24, 2.45) is 0 Å². The van der Waals surface area contributed by atoms with Crippen LogP contribution in [0.5, 0.6) is 0 Å². The fourth-order valence-corrected chi connectivity index (χ4v) is 1.27. The molecule has 0 N–H and O–H groups in total. The third-order valence-electron chi connectivity index (χ3n) is 1.98. The molecule has 2 aliphatic rings. The second kappa shape index (κ2) is 5.94. The van der Waals surface area contributed by atoms with Gasteiger partial charge in [-0.3, -0.25) is 0 Å². The summed E-state index contributed by atoms with van der Waals surface area (Å²) in [6.07, 6.45) is -1.48. The normalized spacial score (nSPS) is 30.8. The first-order valence-corrected chi connectivity index (χ1v) is 5.04. The summed E-state index contributed by atoms with van der Waals surface area (Å²) in [4.78, 5) is 20.7. The van der Waals surface area contributed by atoms with Gasteiger partial charge in [0.15, 0.2) is 0 Å². The summed E-state index contributed by atoms with van der Waals surface area (Å²) in [6, 6.07) is 0. The van der Waals surface area contributed by atoms with E-state index in [9.17, 15) is 4.91 Å². The van der Waals surface area contributed by atoms with Crippen LogP contribution in [0, 0.1) is 4.91 Å². The van der Waals surface area contributed by atoms with Gasteiger partial charge in [-0.25, -0.2) is 0 Å². The molecule has 2 atom stereocenters. The third-order valence-corrected chi connectivity index (χ3v) is 1.98. The smallest absolute Gasteiger partial charge is 0.372 e. The summed E-state index contributed by atoms with van der Waals surface area (Å²) < 4.78 is 20.3. The Bertz CT molecular complexity index is 202. The Hall–Kier alpha value is -0.960. The number of rotatable bonds is 4. The maximum atomic E-state index is 11.2. The summed E-state index contributed by atoms with van der Waals surface area (Å²) in [6.45, 7) is 2.18.